The van der Waals surface area contributed by atoms with Gasteiger partial charge in [0.1, 0.15) is 18.3 Å². The van der Waals surface area contributed by atoms with Gasteiger partial charge in [-0.25, -0.2) is 9.78 Å². The fraction of sp³-hybridized carbons (Fsp3) is 0.273. The van der Waals surface area contributed by atoms with Crippen LogP contribution in [0.2, 0.25) is 0 Å². The smallest absolute Gasteiger partial charge is 0.328 e. The molecule has 1 saturated heterocycles. The minimum atomic E-state index is -1.23. The van der Waals surface area contributed by atoms with Crippen LogP contribution in [0.15, 0.2) is 18.3 Å². The van der Waals surface area contributed by atoms with Crippen LogP contribution in [0.5, 0.6) is 5.75 Å². The molecule has 1 aliphatic heterocycles. The van der Waals surface area contributed by atoms with E-state index < -0.39 is 23.8 Å². The van der Waals surface area contributed by atoms with Crippen LogP contribution in [0.4, 0.5) is 0 Å². The molecular formula is C11H11N3O5. The van der Waals surface area contributed by atoms with Crippen LogP contribution in [0.1, 0.15) is 10.5 Å². The van der Waals surface area contributed by atoms with Crippen molar-refractivity contribution in [1.82, 2.24) is 15.2 Å². The van der Waals surface area contributed by atoms with Crippen molar-refractivity contribution < 1.29 is 24.6 Å². The molecule has 19 heavy (non-hydrogen) atoms. The summed E-state index contributed by atoms with van der Waals surface area (Å²) in [5, 5.41) is 20.9. The first-order valence-electron chi connectivity index (χ1n) is 5.45. The quantitative estimate of drug-likeness (QED) is 0.618. The highest BCUT2D eigenvalue weighted by atomic mass is 16.4. The topological polar surface area (TPSA) is 120 Å². The zero-order valence-electron chi connectivity index (χ0n) is 9.74. The number of aliphatic carboxylic acids is 1. The molecule has 8 heteroatoms. The maximum absolute atomic E-state index is 12.1. The Bertz CT molecular complexity index is 545. The van der Waals surface area contributed by atoms with E-state index in [9.17, 15) is 19.5 Å². The monoisotopic (exact) mass is 265 g/mol. The molecule has 1 aliphatic rings. The van der Waals surface area contributed by atoms with Gasteiger partial charge in [0.15, 0.2) is 5.69 Å². The third-order valence-corrected chi connectivity index (χ3v) is 2.72. The maximum Gasteiger partial charge on any atom is 0.328 e. The highest BCUT2D eigenvalue weighted by molar-refractivity contribution is 6.00. The molecule has 0 bridgehead atoms. The first-order chi connectivity index (χ1) is 9.00. The number of nitrogens with one attached hydrogen (secondary N) is 1. The number of carbonyl (C=O) groups excluding carboxylic acids is 2. The number of carboxylic acids is 1. The van der Waals surface area contributed by atoms with Crippen LogP contribution < -0.4 is 5.32 Å². The number of hydrogen-bond donors (Lipinski definition) is 3. The van der Waals surface area contributed by atoms with Gasteiger partial charge in [-0.2, -0.15) is 0 Å². The lowest BCUT2D eigenvalue weighted by Gasteiger charge is -2.32. The number of aromatic nitrogens is 1. The van der Waals surface area contributed by atoms with Gasteiger partial charge in [0.05, 0.1) is 0 Å². The Balaban J connectivity index is 2.32. The fourth-order valence-corrected chi connectivity index (χ4v) is 1.77. The van der Waals surface area contributed by atoms with E-state index in [2.05, 4.69) is 10.3 Å². The molecule has 1 unspecified atom stereocenters. The second-order valence-corrected chi connectivity index (χ2v) is 3.96. The Morgan fingerprint density at radius 3 is 2.84 bits per heavy atom. The third-order valence-electron chi connectivity index (χ3n) is 2.72. The van der Waals surface area contributed by atoms with E-state index in [4.69, 9.17) is 5.11 Å². The van der Waals surface area contributed by atoms with Gasteiger partial charge in [-0.3, -0.25) is 9.59 Å². The molecule has 0 spiro atoms. The predicted octanol–water partition coefficient (Wildman–Crippen LogP) is -1.19. The standard InChI is InChI=1S/C11H11N3O5/c15-7-2-1-3-12-9(7)10(17)14-5-8(16)13-4-6(14)11(18)19/h1-3,6,15H,4-5H2,(H,13,16)(H,18,19). The van der Waals surface area contributed by atoms with E-state index in [1.54, 1.807) is 0 Å². The van der Waals surface area contributed by atoms with Gasteiger partial charge >= 0.3 is 5.97 Å². The Morgan fingerprint density at radius 1 is 1.47 bits per heavy atom. The zero-order valence-corrected chi connectivity index (χ0v) is 9.74. The highest BCUT2D eigenvalue weighted by Crippen LogP contribution is 2.17. The number of pyridine rings is 1. The normalized spacial score (nSPS) is 18.8. The molecule has 0 aromatic carbocycles. The molecule has 0 aliphatic carbocycles. The average molecular weight is 265 g/mol. The summed E-state index contributed by atoms with van der Waals surface area (Å²) in [4.78, 5) is 39.1. The Hall–Kier alpha value is -2.64. The third kappa shape index (κ3) is 2.46. The van der Waals surface area contributed by atoms with Crippen molar-refractivity contribution in [3.8, 4) is 5.75 Å². The summed E-state index contributed by atoms with van der Waals surface area (Å²) in [5.41, 5.74) is -0.275. The first kappa shape index (κ1) is 12.8. The minimum Gasteiger partial charge on any atom is -0.505 e. The summed E-state index contributed by atoms with van der Waals surface area (Å²) in [6.07, 6.45) is 1.30. The number of hydrogen-bond acceptors (Lipinski definition) is 5. The lowest BCUT2D eigenvalue weighted by molar-refractivity contribution is -0.144. The van der Waals surface area contributed by atoms with E-state index in [0.717, 1.165) is 4.90 Å². The number of carbonyl (C=O) groups is 3. The van der Waals surface area contributed by atoms with Crippen molar-refractivity contribution in [1.29, 1.82) is 0 Å². The summed E-state index contributed by atoms with van der Waals surface area (Å²) in [5.74, 6) is -2.84. The van der Waals surface area contributed by atoms with E-state index in [0.29, 0.717) is 0 Å². The number of aromatic hydroxyl groups is 1. The molecule has 1 aromatic rings. The van der Waals surface area contributed by atoms with Gasteiger partial charge in [-0.15, -0.1) is 0 Å². The summed E-state index contributed by atoms with van der Waals surface area (Å²) in [6, 6.07) is 1.52. The van der Waals surface area contributed by atoms with Gasteiger partial charge < -0.3 is 20.4 Å². The number of rotatable bonds is 2. The van der Waals surface area contributed by atoms with E-state index in [-0.39, 0.29) is 24.5 Å². The molecule has 2 rings (SSSR count). The molecule has 3 N–H and O–H groups in total. The number of amides is 2. The summed E-state index contributed by atoms with van der Waals surface area (Å²) in [6.45, 7) is -0.556. The SMILES string of the molecule is O=C1CN(C(=O)c2ncccc2O)C(C(=O)O)CN1. The first-order valence-corrected chi connectivity index (χ1v) is 5.45. The van der Waals surface area contributed by atoms with E-state index >= 15 is 0 Å². The molecule has 0 saturated carbocycles. The molecule has 100 valence electrons. The van der Waals surface area contributed by atoms with Crippen molar-refractivity contribution in [3.63, 3.8) is 0 Å². The van der Waals surface area contributed by atoms with Crippen LogP contribution in [0.25, 0.3) is 0 Å². The average Bonchev–Trinajstić information content (AvgIpc) is 2.38. The number of carboxylic acid groups (broad SMARTS) is 1. The van der Waals surface area contributed by atoms with Crippen molar-refractivity contribution in [3.05, 3.63) is 24.0 Å². The summed E-state index contributed by atoms with van der Waals surface area (Å²) < 4.78 is 0. The molecule has 1 fully saturated rings. The van der Waals surface area contributed by atoms with Crippen LogP contribution in [-0.2, 0) is 9.59 Å². The van der Waals surface area contributed by atoms with Gasteiger partial charge in [-0.05, 0) is 12.1 Å². The molecule has 1 atom stereocenters. The number of nitrogens with zero attached hydrogens (tertiary/aromatic N) is 2. The largest absolute Gasteiger partial charge is 0.505 e. The van der Waals surface area contributed by atoms with Crippen molar-refractivity contribution in [2.45, 2.75) is 6.04 Å². The molecular weight excluding hydrogens is 254 g/mol. The van der Waals surface area contributed by atoms with Crippen LogP contribution >= 0.6 is 0 Å². The highest BCUT2D eigenvalue weighted by Gasteiger charge is 2.36. The zero-order chi connectivity index (χ0) is 14.0. The van der Waals surface area contributed by atoms with Crippen molar-refractivity contribution >= 4 is 17.8 Å². The van der Waals surface area contributed by atoms with Gasteiger partial charge in [0.2, 0.25) is 5.91 Å². The molecule has 2 heterocycles. The predicted molar refractivity (Wildman–Crippen MR) is 61.4 cm³/mol. The minimum absolute atomic E-state index is 0.173. The van der Waals surface area contributed by atoms with Gasteiger partial charge in [-0.1, -0.05) is 0 Å². The molecule has 1 aromatic heterocycles. The summed E-state index contributed by atoms with van der Waals surface area (Å²) in [7, 11) is 0. The lowest BCUT2D eigenvalue weighted by Crippen LogP contribution is -2.59. The van der Waals surface area contributed by atoms with Crippen LogP contribution in [-0.4, -0.2) is 57.0 Å². The Labute approximate surface area is 107 Å². The maximum atomic E-state index is 12.1. The molecule has 8 nitrogen and oxygen atoms in total. The molecule has 0 radical (unpaired) electrons. The Morgan fingerprint density at radius 2 is 2.21 bits per heavy atom. The van der Waals surface area contributed by atoms with Crippen molar-refractivity contribution in [2.75, 3.05) is 13.1 Å². The Kier molecular flexibility index (Phi) is 3.32. The van der Waals surface area contributed by atoms with Crippen LogP contribution in [0, 0.1) is 0 Å². The lowest BCUT2D eigenvalue weighted by atomic mass is 10.1. The second-order valence-electron chi connectivity index (χ2n) is 3.96. The fourth-order valence-electron chi connectivity index (χ4n) is 1.77. The van der Waals surface area contributed by atoms with Gasteiger partial charge in [0.25, 0.3) is 5.91 Å². The van der Waals surface area contributed by atoms with E-state index in [1.807, 2.05) is 0 Å². The van der Waals surface area contributed by atoms with Crippen LogP contribution in [0.3, 0.4) is 0 Å². The van der Waals surface area contributed by atoms with Crippen molar-refractivity contribution in [2.24, 2.45) is 0 Å². The molecule has 2 amide bonds. The number of piperazine rings is 1. The second kappa shape index (κ2) is 4.92. The van der Waals surface area contributed by atoms with Gasteiger partial charge in [0, 0.05) is 12.7 Å². The van der Waals surface area contributed by atoms with E-state index in [1.165, 1.54) is 18.3 Å². The summed E-state index contributed by atoms with van der Waals surface area (Å²) >= 11 is 0.